The topological polar surface area (TPSA) is 42.4 Å². The second-order valence-electron chi connectivity index (χ2n) is 3.95. The van der Waals surface area contributed by atoms with Gasteiger partial charge in [-0.2, -0.15) is 0 Å². The van der Waals surface area contributed by atoms with Crippen molar-refractivity contribution >= 4 is 23.9 Å². The first-order valence-electron chi connectivity index (χ1n) is 5.98. The number of hydrogen-bond donors (Lipinski definition) is 0. The Morgan fingerprint density at radius 1 is 1.42 bits per heavy atom. The summed E-state index contributed by atoms with van der Waals surface area (Å²) in [7, 11) is 0. The Bertz CT molecular complexity index is 472. The van der Waals surface area contributed by atoms with E-state index in [4.69, 9.17) is 4.74 Å². The molecule has 1 aromatic rings. The van der Waals surface area contributed by atoms with Crippen molar-refractivity contribution in [1.29, 1.82) is 0 Å². The van der Waals surface area contributed by atoms with Gasteiger partial charge in [0.05, 0.1) is 6.61 Å². The molecule has 0 saturated heterocycles. The average molecular weight is 281 g/mol. The first-order valence-corrected chi connectivity index (χ1v) is 5.98. The van der Waals surface area contributed by atoms with Gasteiger partial charge in [-0.1, -0.05) is 6.08 Å². The molecule has 0 atom stereocenters. The Labute approximate surface area is 119 Å². The minimum atomic E-state index is -0.192. The molecule has 0 radical (unpaired) electrons. The van der Waals surface area contributed by atoms with Crippen molar-refractivity contribution in [2.45, 2.75) is 6.92 Å². The summed E-state index contributed by atoms with van der Waals surface area (Å²) >= 11 is 0. The zero-order chi connectivity index (χ0) is 12.8. The quantitative estimate of drug-likeness (QED) is 0.794. The molecule has 0 N–H and O–H groups in total. The summed E-state index contributed by atoms with van der Waals surface area (Å²) in [5, 5.41) is 0. The van der Waals surface area contributed by atoms with Gasteiger partial charge in [0.25, 0.3) is 0 Å². The lowest BCUT2D eigenvalue weighted by Gasteiger charge is -2.21. The highest BCUT2D eigenvalue weighted by atomic mass is 35.5. The molecule has 5 heteroatoms. The van der Waals surface area contributed by atoms with E-state index in [2.05, 4.69) is 11.1 Å². The fourth-order valence-electron chi connectivity index (χ4n) is 1.78. The lowest BCUT2D eigenvalue weighted by atomic mass is 10.1. The zero-order valence-corrected chi connectivity index (χ0v) is 11.6. The molecule has 1 aliphatic rings. The second-order valence-corrected chi connectivity index (χ2v) is 3.95. The molecule has 2 heterocycles. The largest absolute Gasteiger partial charge is 0.465 e. The molecule has 0 unspecified atom stereocenters. The molecule has 4 nitrogen and oxygen atoms in total. The standard InChI is InChI=1S/C14H16N2O2.ClH/c1-2-18-14(17)11-16-9-5-13(6-10-16)12-3-7-15-8-4-12;/h3-9H,2,10-11H2,1H3;1H. The van der Waals surface area contributed by atoms with Crippen molar-refractivity contribution in [3.63, 3.8) is 0 Å². The number of halogens is 1. The Balaban J connectivity index is 0.00000180. The van der Waals surface area contributed by atoms with Crippen LogP contribution in [0.3, 0.4) is 0 Å². The molecule has 0 spiro atoms. The normalized spacial score (nSPS) is 13.5. The van der Waals surface area contributed by atoms with Crippen LogP contribution < -0.4 is 0 Å². The summed E-state index contributed by atoms with van der Waals surface area (Å²) in [4.78, 5) is 17.2. The number of esters is 1. The third-order valence-electron chi connectivity index (χ3n) is 2.66. The Kier molecular flexibility index (Phi) is 6.09. The minimum absolute atomic E-state index is 0. The second kappa shape index (κ2) is 7.59. The molecule has 19 heavy (non-hydrogen) atoms. The predicted octanol–water partition coefficient (Wildman–Crippen LogP) is 2.28. The van der Waals surface area contributed by atoms with Gasteiger partial charge in [-0.3, -0.25) is 9.78 Å². The van der Waals surface area contributed by atoms with Crippen LogP contribution >= 0.6 is 12.4 Å². The number of ether oxygens (including phenoxy) is 1. The summed E-state index contributed by atoms with van der Waals surface area (Å²) in [6.45, 7) is 3.25. The van der Waals surface area contributed by atoms with E-state index in [-0.39, 0.29) is 18.4 Å². The fraction of sp³-hybridized carbons (Fsp3) is 0.286. The Hall–Kier alpha value is -1.81. The Morgan fingerprint density at radius 3 is 2.74 bits per heavy atom. The van der Waals surface area contributed by atoms with Gasteiger partial charge >= 0.3 is 5.97 Å². The molecule has 102 valence electrons. The molecule has 0 saturated carbocycles. The highest BCUT2D eigenvalue weighted by Gasteiger charge is 2.10. The molecule has 0 amide bonds. The summed E-state index contributed by atoms with van der Waals surface area (Å²) in [6.07, 6.45) is 9.56. The van der Waals surface area contributed by atoms with Gasteiger partial charge in [-0.15, -0.1) is 12.4 Å². The highest BCUT2D eigenvalue weighted by molar-refractivity contribution is 5.85. The van der Waals surface area contributed by atoms with E-state index in [0.29, 0.717) is 19.7 Å². The van der Waals surface area contributed by atoms with E-state index in [0.717, 1.165) is 11.1 Å². The van der Waals surface area contributed by atoms with Crippen molar-refractivity contribution < 1.29 is 9.53 Å². The van der Waals surface area contributed by atoms with Crippen molar-refractivity contribution in [3.05, 3.63) is 48.4 Å². The monoisotopic (exact) mass is 280 g/mol. The summed E-state index contributed by atoms with van der Waals surface area (Å²) in [5.74, 6) is -0.192. The number of allylic oxidation sites excluding steroid dienone is 2. The predicted molar refractivity (Wildman–Crippen MR) is 76.8 cm³/mol. The van der Waals surface area contributed by atoms with Crippen molar-refractivity contribution in [2.24, 2.45) is 0 Å². The molecule has 1 aliphatic heterocycles. The lowest BCUT2D eigenvalue weighted by Crippen LogP contribution is -2.28. The minimum Gasteiger partial charge on any atom is -0.465 e. The first-order chi connectivity index (χ1) is 8.79. The molecule has 0 bridgehead atoms. The van der Waals surface area contributed by atoms with Crippen LogP contribution in [-0.2, 0) is 9.53 Å². The molecule has 0 aliphatic carbocycles. The molecule has 0 aromatic carbocycles. The van der Waals surface area contributed by atoms with Crippen LogP contribution in [0.2, 0.25) is 0 Å². The maximum absolute atomic E-state index is 11.3. The summed E-state index contributed by atoms with van der Waals surface area (Å²) in [5.41, 5.74) is 2.29. The smallest absolute Gasteiger partial charge is 0.325 e. The number of aromatic nitrogens is 1. The SMILES string of the molecule is CCOC(=O)CN1C=CC(c2ccncc2)=CC1.Cl. The third kappa shape index (κ3) is 4.41. The molecule has 2 rings (SSSR count). The van der Waals surface area contributed by atoms with Crippen LogP contribution in [0.5, 0.6) is 0 Å². The van der Waals surface area contributed by atoms with Crippen molar-refractivity contribution in [2.75, 3.05) is 19.7 Å². The van der Waals surface area contributed by atoms with Crippen LogP contribution in [0.1, 0.15) is 12.5 Å². The van der Waals surface area contributed by atoms with Crippen molar-refractivity contribution in [1.82, 2.24) is 9.88 Å². The molecule has 1 aromatic heterocycles. The molecular formula is C14H17ClN2O2. The number of hydrogen-bond acceptors (Lipinski definition) is 4. The maximum Gasteiger partial charge on any atom is 0.325 e. The van der Waals surface area contributed by atoms with Crippen LogP contribution in [-0.4, -0.2) is 35.5 Å². The van der Waals surface area contributed by atoms with E-state index in [1.807, 2.05) is 36.2 Å². The summed E-state index contributed by atoms with van der Waals surface area (Å²) < 4.78 is 4.91. The van der Waals surface area contributed by atoms with E-state index >= 15 is 0 Å². The summed E-state index contributed by atoms with van der Waals surface area (Å²) in [6, 6.07) is 3.94. The average Bonchev–Trinajstić information content (AvgIpc) is 2.41. The number of carbonyl (C=O) groups excluding carboxylic acids is 1. The van der Waals surface area contributed by atoms with Crippen LogP contribution in [0.25, 0.3) is 5.57 Å². The first kappa shape index (κ1) is 15.2. The number of nitrogens with zero attached hydrogens (tertiary/aromatic N) is 2. The van der Waals surface area contributed by atoms with Crippen LogP contribution in [0.15, 0.2) is 42.9 Å². The number of carbonyl (C=O) groups is 1. The van der Waals surface area contributed by atoms with E-state index in [1.165, 1.54) is 0 Å². The van der Waals surface area contributed by atoms with Gasteiger partial charge in [-0.05, 0) is 36.3 Å². The van der Waals surface area contributed by atoms with Gasteiger partial charge in [0, 0.05) is 25.1 Å². The Morgan fingerprint density at radius 2 is 2.16 bits per heavy atom. The van der Waals surface area contributed by atoms with Gasteiger partial charge in [0.2, 0.25) is 0 Å². The van der Waals surface area contributed by atoms with Gasteiger partial charge < -0.3 is 9.64 Å². The highest BCUT2D eigenvalue weighted by Crippen LogP contribution is 2.18. The molecule has 0 fully saturated rings. The van der Waals surface area contributed by atoms with Gasteiger partial charge in [-0.25, -0.2) is 0 Å². The van der Waals surface area contributed by atoms with Crippen LogP contribution in [0, 0.1) is 0 Å². The fourth-order valence-corrected chi connectivity index (χ4v) is 1.78. The van der Waals surface area contributed by atoms with E-state index in [9.17, 15) is 4.79 Å². The lowest BCUT2D eigenvalue weighted by molar-refractivity contribution is -0.143. The van der Waals surface area contributed by atoms with E-state index in [1.54, 1.807) is 12.4 Å². The van der Waals surface area contributed by atoms with Gasteiger partial charge in [0.15, 0.2) is 0 Å². The number of pyridine rings is 1. The van der Waals surface area contributed by atoms with Crippen molar-refractivity contribution in [3.8, 4) is 0 Å². The van der Waals surface area contributed by atoms with Gasteiger partial charge in [0.1, 0.15) is 6.54 Å². The van der Waals surface area contributed by atoms with E-state index < -0.39 is 0 Å². The third-order valence-corrected chi connectivity index (χ3v) is 2.66. The maximum atomic E-state index is 11.3. The zero-order valence-electron chi connectivity index (χ0n) is 10.8. The molecular weight excluding hydrogens is 264 g/mol. The number of rotatable bonds is 4. The van der Waals surface area contributed by atoms with Crippen LogP contribution in [0.4, 0.5) is 0 Å².